The van der Waals surface area contributed by atoms with Gasteiger partial charge in [0, 0.05) is 12.1 Å². The predicted molar refractivity (Wildman–Crippen MR) is 78.3 cm³/mol. The summed E-state index contributed by atoms with van der Waals surface area (Å²) in [5, 5.41) is 3.35. The third kappa shape index (κ3) is 2.53. The van der Waals surface area contributed by atoms with Crippen LogP contribution in [0.4, 0.5) is 5.82 Å². The molecule has 0 aliphatic carbocycles. The van der Waals surface area contributed by atoms with Gasteiger partial charge in [0.1, 0.15) is 5.69 Å². The molecule has 18 heavy (non-hydrogen) atoms. The molecule has 0 spiro atoms. The predicted octanol–water partition coefficient (Wildman–Crippen LogP) is 3.95. The molecule has 3 nitrogen and oxygen atoms in total. The molecule has 96 valence electrons. The molecule has 0 unspecified atom stereocenters. The van der Waals surface area contributed by atoms with Crippen LogP contribution >= 0.6 is 11.7 Å². The van der Waals surface area contributed by atoms with Gasteiger partial charge in [-0.2, -0.15) is 8.75 Å². The van der Waals surface area contributed by atoms with E-state index in [2.05, 4.69) is 53.9 Å². The molecule has 1 heterocycles. The van der Waals surface area contributed by atoms with Gasteiger partial charge in [0.25, 0.3) is 0 Å². The van der Waals surface area contributed by atoms with E-state index in [1.54, 1.807) is 0 Å². The number of rotatable bonds is 4. The van der Waals surface area contributed by atoms with Crippen molar-refractivity contribution in [1.29, 1.82) is 0 Å². The van der Waals surface area contributed by atoms with Crippen molar-refractivity contribution in [2.24, 2.45) is 0 Å². The molecule has 1 aromatic carbocycles. The highest BCUT2D eigenvalue weighted by Gasteiger charge is 2.14. The molecule has 0 amide bonds. The van der Waals surface area contributed by atoms with Gasteiger partial charge in [0.05, 0.1) is 11.7 Å². The fourth-order valence-electron chi connectivity index (χ4n) is 2.27. The van der Waals surface area contributed by atoms with Gasteiger partial charge in [-0.1, -0.05) is 24.6 Å². The maximum atomic E-state index is 4.46. The van der Waals surface area contributed by atoms with Crippen LogP contribution in [0.5, 0.6) is 0 Å². The summed E-state index contributed by atoms with van der Waals surface area (Å²) in [7, 11) is 0. The van der Waals surface area contributed by atoms with Gasteiger partial charge >= 0.3 is 0 Å². The van der Waals surface area contributed by atoms with Crippen molar-refractivity contribution >= 4 is 17.5 Å². The maximum absolute atomic E-state index is 4.46. The Morgan fingerprint density at radius 2 is 1.78 bits per heavy atom. The third-order valence-electron chi connectivity index (χ3n) is 2.94. The number of nitrogens with zero attached hydrogens (tertiary/aromatic N) is 2. The summed E-state index contributed by atoms with van der Waals surface area (Å²) in [5.41, 5.74) is 6.02. The van der Waals surface area contributed by atoms with Crippen LogP contribution in [-0.4, -0.2) is 15.3 Å². The van der Waals surface area contributed by atoms with Crippen LogP contribution in [0.2, 0.25) is 0 Å². The molecule has 4 heteroatoms. The highest BCUT2D eigenvalue weighted by Crippen LogP contribution is 2.32. The Labute approximate surface area is 113 Å². The molecule has 0 saturated heterocycles. The summed E-state index contributed by atoms with van der Waals surface area (Å²) in [6, 6.07) is 4.40. The average molecular weight is 261 g/mol. The fourth-order valence-corrected chi connectivity index (χ4v) is 2.80. The lowest BCUT2D eigenvalue weighted by Crippen LogP contribution is -2.02. The van der Waals surface area contributed by atoms with Crippen molar-refractivity contribution < 1.29 is 0 Å². The SMILES string of the molecule is CCCNc1nsnc1-c1c(C)cc(C)cc1C. The Balaban J connectivity index is 2.46. The van der Waals surface area contributed by atoms with Crippen molar-refractivity contribution in [1.82, 2.24) is 8.75 Å². The molecule has 0 radical (unpaired) electrons. The molecule has 0 fully saturated rings. The number of aryl methyl sites for hydroxylation is 3. The molecule has 0 saturated carbocycles. The molecule has 1 aromatic heterocycles. The Bertz CT molecular complexity index is 523. The van der Waals surface area contributed by atoms with E-state index < -0.39 is 0 Å². The van der Waals surface area contributed by atoms with Gasteiger partial charge < -0.3 is 5.32 Å². The quantitative estimate of drug-likeness (QED) is 0.905. The summed E-state index contributed by atoms with van der Waals surface area (Å²) < 4.78 is 8.81. The zero-order chi connectivity index (χ0) is 13.1. The Morgan fingerprint density at radius 3 is 2.39 bits per heavy atom. The van der Waals surface area contributed by atoms with Crippen LogP contribution in [-0.2, 0) is 0 Å². The van der Waals surface area contributed by atoms with E-state index in [9.17, 15) is 0 Å². The highest BCUT2D eigenvalue weighted by atomic mass is 32.1. The van der Waals surface area contributed by atoms with Crippen LogP contribution in [0.15, 0.2) is 12.1 Å². The van der Waals surface area contributed by atoms with Gasteiger partial charge in [-0.3, -0.25) is 0 Å². The zero-order valence-electron chi connectivity index (χ0n) is 11.4. The first-order chi connectivity index (χ1) is 8.63. The van der Waals surface area contributed by atoms with Crippen molar-refractivity contribution in [3.63, 3.8) is 0 Å². The summed E-state index contributed by atoms with van der Waals surface area (Å²) in [6.07, 6.45) is 1.09. The number of nitrogens with one attached hydrogen (secondary N) is 1. The molecule has 2 aromatic rings. The van der Waals surface area contributed by atoms with Crippen molar-refractivity contribution in [3.8, 4) is 11.3 Å². The van der Waals surface area contributed by atoms with Crippen LogP contribution in [0.1, 0.15) is 30.0 Å². The van der Waals surface area contributed by atoms with E-state index in [-0.39, 0.29) is 0 Å². The first-order valence-corrected chi connectivity index (χ1v) is 7.01. The van der Waals surface area contributed by atoms with Crippen LogP contribution in [0, 0.1) is 20.8 Å². The minimum absolute atomic E-state index is 0.914. The van der Waals surface area contributed by atoms with Crippen LogP contribution in [0.25, 0.3) is 11.3 Å². The average Bonchev–Trinajstić information content (AvgIpc) is 2.73. The molecule has 1 N–H and O–H groups in total. The van der Waals surface area contributed by atoms with E-state index in [0.717, 1.165) is 24.5 Å². The number of anilines is 1. The first-order valence-electron chi connectivity index (χ1n) is 6.28. The second-order valence-electron chi connectivity index (χ2n) is 4.66. The molecule has 0 aliphatic rings. The van der Waals surface area contributed by atoms with Gasteiger partial charge in [0.15, 0.2) is 5.82 Å². The lowest BCUT2D eigenvalue weighted by molar-refractivity contribution is 0.974. The largest absolute Gasteiger partial charge is 0.367 e. The highest BCUT2D eigenvalue weighted by molar-refractivity contribution is 6.99. The summed E-state index contributed by atoms with van der Waals surface area (Å²) >= 11 is 1.27. The van der Waals surface area contributed by atoms with Crippen LogP contribution in [0.3, 0.4) is 0 Å². The number of hydrogen-bond donors (Lipinski definition) is 1. The zero-order valence-corrected chi connectivity index (χ0v) is 12.2. The van der Waals surface area contributed by atoms with Crippen molar-refractivity contribution in [3.05, 3.63) is 28.8 Å². The Hall–Kier alpha value is -1.42. The van der Waals surface area contributed by atoms with Crippen molar-refractivity contribution in [2.45, 2.75) is 34.1 Å². The number of hydrogen-bond acceptors (Lipinski definition) is 4. The summed E-state index contributed by atoms with van der Waals surface area (Å²) in [5.74, 6) is 0.914. The second-order valence-corrected chi connectivity index (χ2v) is 5.19. The normalized spacial score (nSPS) is 10.7. The molecule has 0 aliphatic heterocycles. The number of aromatic nitrogens is 2. The van der Waals surface area contributed by atoms with Gasteiger partial charge in [-0.25, -0.2) is 0 Å². The molecule has 0 atom stereocenters. The summed E-state index contributed by atoms with van der Waals surface area (Å²) in [4.78, 5) is 0. The topological polar surface area (TPSA) is 37.8 Å². The summed E-state index contributed by atoms with van der Waals surface area (Å²) in [6.45, 7) is 9.48. The Kier molecular flexibility index (Phi) is 3.97. The monoisotopic (exact) mass is 261 g/mol. The van der Waals surface area contributed by atoms with Gasteiger partial charge in [-0.05, 0) is 38.3 Å². The molecule has 0 bridgehead atoms. The number of benzene rings is 1. The second kappa shape index (κ2) is 5.48. The van der Waals surface area contributed by atoms with Crippen LogP contribution < -0.4 is 5.32 Å². The first kappa shape index (κ1) is 13.0. The lowest BCUT2D eigenvalue weighted by Gasteiger charge is -2.11. The van der Waals surface area contributed by atoms with E-state index in [4.69, 9.17) is 0 Å². The molecular weight excluding hydrogens is 242 g/mol. The van der Waals surface area contributed by atoms with Gasteiger partial charge in [-0.15, -0.1) is 0 Å². The van der Waals surface area contributed by atoms with E-state index in [1.165, 1.54) is 34.0 Å². The standard InChI is InChI=1S/C14H19N3S/c1-5-6-15-14-13(16-18-17-14)12-10(3)7-9(2)8-11(12)4/h7-8H,5-6H2,1-4H3,(H,15,17). The lowest BCUT2D eigenvalue weighted by atomic mass is 9.97. The fraction of sp³-hybridized carbons (Fsp3) is 0.429. The third-order valence-corrected chi connectivity index (χ3v) is 3.47. The van der Waals surface area contributed by atoms with Gasteiger partial charge in [0.2, 0.25) is 0 Å². The van der Waals surface area contributed by atoms with E-state index in [0.29, 0.717) is 0 Å². The smallest absolute Gasteiger partial charge is 0.168 e. The molecule has 2 rings (SSSR count). The maximum Gasteiger partial charge on any atom is 0.168 e. The van der Waals surface area contributed by atoms with E-state index in [1.807, 2.05) is 0 Å². The minimum atomic E-state index is 0.914. The van der Waals surface area contributed by atoms with E-state index >= 15 is 0 Å². The molecular formula is C14H19N3S. The van der Waals surface area contributed by atoms with Crippen molar-refractivity contribution in [2.75, 3.05) is 11.9 Å². The minimum Gasteiger partial charge on any atom is -0.367 e. The Morgan fingerprint density at radius 1 is 1.11 bits per heavy atom.